The van der Waals surface area contributed by atoms with Gasteiger partial charge < -0.3 is 33.8 Å². The Labute approximate surface area is 537 Å². The molecule has 0 saturated carbocycles. The minimum absolute atomic E-state index is 0.104. The van der Waals surface area contributed by atoms with Crippen LogP contribution in [0.2, 0.25) is 0 Å². The molecule has 0 fully saturated rings. The van der Waals surface area contributed by atoms with E-state index in [4.69, 9.17) is 37.0 Å². The number of ether oxygens (including phenoxy) is 4. The molecule has 0 heterocycles. The first-order valence-electron chi connectivity index (χ1n) is 35.7. The molecule has 0 spiro atoms. The zero-order valence-electron chi connectivity index (χ0n) is 57.3. The number of aliphatic hydroxyl groups is 1. The van der Waals surface area contributed by atoms with Crippen molar-refractivity contribution in [2.75, 3.05) is 39.6 Å². The van der Waals surface area contributed by atoms with Crippen molar-refractivity contribution in [3.05, 3.63) is 0 Å². The van der Waals surface area contributed by atoms with Crippen molar-refractivity contribution in [1.82, 2.24) is 0 Å². The van der Waals surface area contributed by atoms with E-state index in [1.54, 1.807) is 0 Å². The second kappa shape index (κ2) is 58.8. The Morgan fingerprint density at radius 2 is 0.477 bits per heavy atom. The number of phosphoric ester groups is 2. The fraction of sp³-hybridized carbons (Fsp3) is 0.942. The van der Waals surface area contributed by atoms with Crippen LogP contribution in [0.15, 0.2) is 0 Å². The first kappa shape index (κ1) is 86.1. The molecular weight excluding hydrogens is 1160 g/mol. The quantitative estimate of drug-likeness (QED) is 0.0222. The van der Waals surface area contributed by atoms with E-state index in [9.17, 15) is 43.2 Å². The van der Waals surface area contributed by atoms with Gasteiger partial charge in [-0.05, 0) is 49.4 Å². The smallest absolute Gasteiger partial charge is 0.462 e. The SMILES string of the molecule is CC(C)CCCCCCCCCCCCCCCC(=O)O[C@H](COC(=O)CCCCCCCCCCC(C)C)COP(=O)(O)OC[C@@H](O)COP(=O)(O)OC[C@@H](COC(=O)CCCCCCCCC(C)C)OC(=O)CCCCCCCCCCCC(C)C. The monoisotopic (exact) mass is 1300 g/mol. The molecule has 17 nitrogen and oxygen atoms in total. The highest BCUT2D eigenvalue weighted by molar-refractivity contribution is 7.47. The number of hydrogen-bond donors (Lipinski definition) is 3. The van der Waals surface area contributed by atoms with E-state index in [0.717, 1.165) is 114 Å². The third-order valence-corrected chi connectivity index (χ3v) is 17.7. The molecule has 88 heavy (non-hydrogen) atoms. The van der Waals surface area contributed by atoms with Gasteiger partial charge in [-0.2, -0.15) is 0 Å². The van der Waals surface area contributed by atoms with Gasteiger partial charge in [0, 0.05) is 25.7 Å². The van der Waals surface area contributed by atoms with Crippen LogP contribution < -0.4 is 0 Å². The lowest BCUT2D eigenvalue weighted by Crippen LogP contribution is -2.30. The first-order chi connectivity index (χ1) is 42.1. The Kier molecular flexibility index (Phi) is 57.6. The maximum absolute atomic E-state index is 13.0. The molecule has 2 unspecified atom stereocenters. The number of carbonyl (C=O) groups is 4. The Balaban J connectivity index is 5.24. The van der Waals surface area contributed by atoms with Crippen LogP contribution in [0.1, 0.15) is 338 Å². The van der Waals surface area contributed by atoms with Crippen molar-refractivity contribution >= 4 is 39.5 Å². The van der Waals surface area contributed by atoms with E-state index in [1.807, 2.05) is 0 Å². The maximum Gasteiger partial charge on any atom is 0.472 e. The molecule has 0 saturated heterocycles. The van der Waals surface area contributed by atoms with E-state index >= 15 is 0 Å². The van der Waals surface area contributed by atoms with E-state index in [1.165, 1.54) is 135 Å². The van der Waals surface area contributed by atoms with Gasteiger partial charge in [0.2, 0.25) is 0 Å². The zero-order chi connectivity index (χ0) is 65.4. The summed E-state index contributed by atoms with van der Waals surface area (Å²) in [6.07, 6.45) is 40.5. The standard InChI is InChI=1S/C69H134O17P2/c1-59(2)45-37-29-21-15-12-10-9-11-13-17-25-35-43-51-68(73)85-64(55-79-66(71)49-41-33-24-20-19-23-31-39-47-61(5)6)57-83-87(75,76)81-53-63(70)54-82-88(77,78)84-58-65(56-80-67(72)50-42-34-28-27-32-40-48-62(7)8)86-69(74)52-44-36-26-18-14-16-22-30-38-46-60(3)4/h59-65,70H,9-58H2,1-8H3,(H,75,76)(H,77,78)/t63-,64-,65-/m1/s1. The van der Waals surface area contributed by atoms with Crippen LogP contribution in [-0.2, 0) is 65.4 Å². The molecule has 5 atom stereocenters. The molecule has 0 amide bonds. The predicted molar refractivity (Wildman–Crippen MR) is 354 cm³/mol. The van der Waals surface area contributed by atoms with Crippen molar-refractivity contribution in [3.8, 4) is 0 Å². The normalized spacial score (nSPS) is 14.3. The lowest BCUT2D eigenvalue weighted by atomic mass is 10.0. The van der Waals surface area contributed by atoms with Crippen molar-refractivity contribution in [2.45, 2.75) is 356 Å². The molecule has 0 bridgehead atoms. The minimum atomic E-state index is -4.95. The highest BCUT2D eigenvalue weighted by Crippen LogP contribution is 2.45. The molecule has 522 valence electrons. The molecule has 3 N–H and O–H groups in total. The molecule has 0 radical (unpaired) electrons. The van der Waals surface area contributed by atoms with E-state index in [-0.39, 0.29) is 25.7 Å². The summed E-state index contributed by atoms with van der Waals surface area (Å²) >= 11 is 0. The van der Waals surface area contributed by atoms with Gasteiger partial charge in [-0.1, -0.05) is 287 Å². The van der Waals surface area contributed by atoms with Gasteiger partial charge in [-0.25, -0.2) is 9.13 Å². The number of esters is 4. The molecule has 0 aliphatic heterocycles. The van der Waals surface area contributed by atoms with E-state index < -0.39 is 97.5 Å². The molecule has 0 aliphatic rings. The van der Waals surface area contributed by atoms with Crippen LogP contribution in [-0.4, -0.2) is 96.7 Å². The van der Waals surface area contributed by atoms with Crippen LogP contribution in [0.4, 0.5) is 0 Å². The van der Waals surface area contributed by atoms with Crippen molar-refractivity contribution in [1.29, 1.82) is 0 Å². The van der Waals surface area contributed by atoms with E-state index in [2.05, 4.69) is 55.4 Å². The first-order valence-corrected chi connectivity index (χ1v) is 38.7. The summed E-state index contributed by atoms with van der Waals surface area (Å²) < 4.78 is 68.2. The largest absolute Gasteiger partial charge is 0.472 e. The van der Waals surface area contributed by atoms with Gasteiger partial charge >= 0.3 is 39.5 Å². The third-order valence-electron chi connectivity index (χ3n) is 15.8. The van der Waals surface area contributed by atoms with Gasteiger partial charge in [0.25, 0.3) is 0 Å². The van der Waals surface area contributed by atoms with Gasteiger partial charge in [0.15, 0.2) is 12.2 Å². The fourth-order valence-electron chi connectivity index (χ4n) is 10.3. The Morgan fingerprint density at radius 3 is 0.705 bits per heavy atom. The number of hydrogen-bond acceptors (Lipinski definition) is 15. The summed E-state index contributed by atoms with van der Waals surface area (Å²) in [5, 5.41) is 10.6. The average molecular weight is 1300 g/mol. The summed E-state index contributed by atoms with van der Waals surface area (Å²) in [5.74, 6) is 0.795. The molecule has 19 heteroatoms. The molecule has 0 aromatic heterocycles. The minimum Gasteiger partial charge on any atom is -0.462 e. The van der Waals surface area contributed by atoms with Gasteiger partial charge in [0.1, 0.15) is 19.3 Å². The summed E-state index contributed by atoms with van der Waals surface area (Å²) in [6, 6.07) is 0. The van der Waals surface area contributed by atoms with Crippen LogP contribution >= 0.6 is 15.6 Å². The summed E-state index contributed by atoms with van der Waals surface area (Å²) in [5.41, 5.74) is 0. The lowest BCUT2D eigenvalue weighted by Gasteiger charge is -2.21. The number of carbonyl (C=O) groups excluding carboxylic acids is 4. The van der Waals surface area contributed by atoms with Gasteiger partial charge in [-0.3, -0.25) is 37.3 Å². The second-order valence-corrected chi connectivity index (χ2v) is 29.7. The van der Waals surface area contributed by atoms with Crippen molar-refractivity contribution < 1.29 is 80.2 Å². The third kappa shape index (κ3) is 62.8. The van der Waals surface area contributed by atoms with Crippen LogP contribution in [0.3, 0.4) is 0 Å². The van der Waals surface area contributed by atoms with E-state index in [0.29, 0.717) is 31.6 Å². The molecule has 0 aliphatic carbocycles. The topological polar surface area (TPSA) is 237 Å². The molecule has 0 aromatic rings. The number of phosphoric acid groups is 2. The Bertz CT molecular complexity index is 1750. The Hall–Kier alpha value is -1.94. The van der Waals surface area contributed by atoms with Crippen molar-refractivity contribution in [2.24, 2.45) is 23.7 Å². The molecule has 0 rings (SSSR count). The average Bonchev–Trinajstić information content (AvgIpc) is 3.69. The second-order valence-electron chi connectivity index (χ2n) is 26.8. The lowest BCUT2D eigenvalue weighted by molar-refractivity contribution is -0.161. The number of rotatable bonds is 66. The fourth-order valence-corrected chi connectivity index (χ4v) is 11.9. The number of unbranched alkanes of at least 4 members (excludes halogenated alkanes) is 32. The van der Waals surface area contributed by atoms with Crippen molar-refractivity contribution in [3.63, 3.8) is 0 Å². The molecular formula is C69H134O17P2. The Morgan fingerprint density at radius 1 is 0.284 bits per heavy atom. The van der Waals surface area contributed by atoms with Gasteiger partial charge in [-0.15, -0.1) is 0 Å². The summed E-state index contributed by atoms with van der Waals surface area (Å²) in [6.45, 7) is 14.0. The van der Waals surface area contributed by atoms with Gasteiger partial charge in [0.05, 0.1) is 26.4 Å². The van der Waals surface area contributed by atoms with Crippen LogP contribution in [0, 0.1) is 23.7 Å². The summed E-state index contributed by atoms with van der Waals surface area (Å²) in [4.78, 5) is 72.4. The zero-order valence-corrected chi connectivity index (χ0v) is 59.1. The van der Waals surface area contributed by atoms with Crippen LogP contribution in [0.25, 0.3) is 0 Å². The molecule has 0 aromatic carbocycles. The maximum atomic E-state index is 13.0. The predicted octanol–water partition coefficient (Wildman–Crippen LogP) is 19.3. The number of aliphatic hydroxyl groups excluding tert-OH is 1. The highest BCUT2D eigenvalue weighted by atomic mass is 31.2. The van der Waals surface area contributed by atoms with Crippen LogP contribution in [0.5, 0.6) is 0 Å². The summed E-state index contributed by atoms with van der Waals surface area (Å²) in [7, 11) is -9.90. The highest BCUT2D eigenvalue weighted by Gasteiger charge is 2.30.